The predicted molar refractivity (Wildman–Crippen MR) is 47.4 cm³/mol. The molecule has 0 aromatic rings. The summed E-state index contributed by atoms with van der Waals surface area (Å²) in [5.41, 5.74) is -0.180. The second-order valence-corrected chi connectivity index (χ2v) is 3.66. The molecule has 0 amide bonds. The van der Waals surface area contributed by atoms with Gasteiger partial charge in [0.25, 0.3) is 0 Å². The number of nitrogens with zero attached hydrogens (tertiary/aromatic N) is 3. The van der Waals surface area contributed by atoms with Gasteiger partial charge in [0.1, 0.15) is 5.54 Å². The average molecular weight is 166 g/mol. The highest BCUT2D eigenvalue weighted by molar-refractivity contribution is 5.72. The normalized spacial score (nSPS) is 40.6. The van der Waals surface area contributed by atoms with Crippen molar-refractivity contribution >= 4 is 6.21 Å². The van der Waals surface area contributed by atoms with Crippen LogP contribution in [-0.2, 0) is 0 Å². The highest BCUT2D eigenvalue weighted by atomic mass is 15.4. The zero-order valence-electron chi connectivity index (χ0n) is 7.32. The molecule has 0 bridgehead atoms. The molecule has 66 valence electrons. The van der Waals surface area contributed by atoms with Gasteiger partial charge in [-0.3, -0.25) is 0 Å². The minimum atomic E-state index is -0.180. The average Bonchev–Trinajstić information content (AvgIpc) is 2.55. The molecule has 1 fully saturated rings. The van der Waals surface area contributed by atoms with E-state index < -0.39 is 0 Å². The molecular formula is C8H14N4. The van der Waals surface area contributed by atoms with Crippen LogP contribution in [0.3, 0.4) is 0 Å². The van der Waals surface area contributed by atoms with Crippen LogP contribution in [0.25, 0.3) is 0 Å². The summed E-state index contributed by atoms with van der Waals surface area (Å²) in [6.45, 7) is 3.18. The molecule has 4 nitrogen and oxygen atoms in total. The van der Waals surface area contributed by atoms with Gasteiger partial charge < -0.3 is 5.32 Å². The molecule has 4 heteroatoms. The van der Waals surface area contributed by atoms with Gasteiger partial charge in [0, 0.05) is 6.04 Å². The molecule has 2 aliphatic heterocycles. The van der Waals surface area contributed by atoms with Crippen LogP contribution in [0.4, 0.5) is 0 Å². The Labute approximate surface area is 72.1 Å². The molecule has 0 radical (unpaired) electrons. The van der Waals surface area contributed by atoms with E-state index in [2.05, 4.69) is 27.7 Å². The zero-order chi connectivity index (χ0) is 8.44. The van der Waals surface area contributed by atoms with Crippen LogP contribution in [-0.4, -0.2) is 24.3 Å². The number of nitrogens with one attached hydrogen (secondary N) is 1. The van der Waals surface area contributed by atoms with Gasteiger partial charge in [-0.15, -0.1) is 5.10 Å². The van der Waals surface area contributed by atoms with Crippen molar-refractivity contribution in [3.8, 4) is 0 Å². The lowest BCUT2D eigenvalue weighted by Crippen LogP contribution is -2.50. The number of hydrogen-bond donors (Lipinski definition) is 1. The molecule has 0 aromatic heterocycles. The van der Waals surface area contributed by atoms with Crippen molar-refractivity contribution < 1.29 is 0 Å². The summed E-state index contributed by atoms with van der Waals surface area (Å²) < 4.78 is 0. The van der Waals surface area contributed by atoms with E-state index in [-0.39, 0.29) is 5.54 Å². The lowest BCUT2D eigenvalue weighted by molar-refractivity contribution is 0.327. The molecule has 0 saturated carbocycles. The Kier molecular flexibility index (Phi) is 1.92. The van der Waals surface area contributed by atoms with E-state index in [1.165, 1.54) is 19.3 Å². The van der Waals surface area contributed by atoms with Crippen molar-refractivity contribution in [2.75, 3.05) is 6.54 Å². The van der Waals surface area contributed by atoms with Crippen LogP contribution in [0, 0.1) is 0 Å². The predicted octanol–water partition coefficient (Wildman–Crippen LogP) is 1.34. The van der Waals surface area contributed by atoms with Gasteiger partial charge in [0.2, 0.25) is 0 Å². The summed E-state index contributed by atoms with van der Waals surface area (Å²) in [6, 6.07) is 0.432. The van der Waals surface area contributed by atoms with Crippen LogP contribution < -0.4 is 5.32 Å². The van der Waals surface area contributed by atoms with Gasteiger partial charge in [-0.25, -0.2) is 0 Å². The molecule has 2 aliphatic rings. The lowest BCUT2D eigenvalue weighted by atomic mass is 9.88. The maximum Gasteiger partial charge on any atom is 0.133 e. The maximum atomic E-state index is 4.13. The monoisotopic (exact) mass is 166 g/mol. The molecule has 0 spiro atoms. The first-order valence-electron chi connectivity index (χ1n) is 4.51. The zero-order valence-corrected chi connectivity index (χ0v) is 7.32. The van der Waals surface area contributed by atoms with Gasteiger partial charge in [0.05, 0.1) is 6.21 Å². The lowest BCUT2D eigenvalue weighted by Gasteiger charge is -2.31. The molecule has 2 unspecified atom stereocenters. The Bertz CT molecular complexity index is 203. The summed E-state index contributed by atoms with van der Waals surface area (Å²) >= 11 is 0. The highest BCUT2D eigenvalue weighted by Crippen LogP contribution is 2.24. The minimum Gasteiger partial charge on any atom is -0.311 e. The first-order valence-corrected chi connectivity index (χ1v) is 4.51. The van der Waals surface area contributed by atoms with Crippen molar-refractivity contribution in [1.82, 2.24) is 5.32 Å². The molecule has 2 heterocycles. The van der Waals surface area contributed by atoms with E-state index >= 15 is 0 Å². The van der Waals surface area contributed by atoms with Crippen molar-refractivity contribution in [2.45, 2.75) is 37.8 Å². The summed E-state index contributed by atoms with van der Waals surface area (Å²) in [7, 11) is 0. The first-order chi connectivity index (χ1) is 5.81. The first kappa shape index (κ1) is 7.86. The van der Waals surface area contributed by atoms with Crippen LogP contribution in [0.5, 0.6) is 0 Å². The van der Waals surface area contributed by atoms with Crippen molar-refractivity contribution in [1.29, 1.82) is 0 Å². The van der Waals surface area contributed by atoms with Gasteiger partial charge in [-0.1, -0.05) is 6.42 Å². The third-order valence-corrected chi connectivity index (χ3v) is 2.65. The minimum absolute atomic E-state index is 0.180. The van der Waals surface area contributed by atoms with Crippen LogP contribution in [0.15, 0.2) is 15.4 Å². The van der Waals surface area contributed by atoms with Crippen molar-refractivity contribution in [2.24, 2.45) is 15.4 Å². The molecule has 1 saturated heterocycles. The van der Waals surface area contributed by atoms with E-state index in [1.54, 1.807) is 0 Å². The van der Waals surface area contributed by atoms with Gasteiger partial charge in [0.15, 0.2) is 0 Å². The molecule has 0 aliphatic carbocycles. The van der Waals surface area contributed by atoms with Gasteiger partial charge in [-0.05, 0) is 31.5 Å². The third-order valence-electron chi connectivity index (χ3n) is 2.65. The van der Waals surface area contributed by atoms with E-state index in [4.69, 9.17) is 0 Å². The van der Waals surface area contributed by atoms with Crippen molar-refractivity contribution in [3.05, 3.63) is 0 Å². The fourth-order valence-corrected chi connectivity index (χ4v) is 1.80. The van der Waals surface area contributed by atoms with E-state index in [0.29, 0.717) is 6.04 Å². The summed E-state index contributed by atoms with van der Waals surface area (Å²) in [5, 5.41) is 15.1. The van der Waals surface area contributed by atoms with Crippen molar-refractivity contribution in [3.63, 3.8) is 0 Å². The third kappa shape index (κ3) is 1.27. The van der Waals surface area contributed by atoms with Crippen LogP contribution in [0.2, 0.25) is 0 Å². The van der Waals surface area contributed by atoms with Gasteiger partial charge in [-0.2, -0.15) is 5.11 Å². The summed E-state index contributed by atoms with van der Waals surface area (Å²) in [6.07, 6.45) is 5.59. The fourth-order valence-electron chi connectivity index (χ4n) is 1.80. The Morgan fingerprint density at radius 1 is 1.50 bits per heavy atom. The van der Waals surface area contributed by atoms with Crippen LogP contribution in [0.1, 0.15) is 26.2 Å². The van der Waals surface area contributed by atoms with Crippen LogP contribution >= 0.6 is 0 Å². The molecular weight excluding hydrogens is 152 g/mol. The quantitative estimate of drug-likeness (QED) is 0.627. The molecule has 2 atom stereocenters. The Hall–Kier alpha value is -0.770. The second kappa shape index (κ2) is 2.94. The number of hydrogen-bond acceptors (Lipinski definition) is 4. The Balaban J connectivity index is 2.06. The molecule has 1 N–H and O–H groups in total. The largest absolute Gasteiger partial charge is 0.311 e. The maximum absolute atomic E-state index is 4.13. The molecule has 12 heavy (non-hydrogen) atoms. The Morgan fingerprint density at radius 2 is 2.42 bits per heavy atom. The second-order valence-electron chi connectivity index (χ2n) is 3.66. The van der Waals surface area contributed by atoms with E-state index in [1.807, 2.05) is 6.21 Å². The standard InChI is InChI=1S/C8H14N4/c1-8(6-10-12-11-8)7-4-2-3-5-9-7/h6-7,9H,2-5H2,1H3. The summed E-state index contributed by atoms with van der Waals surface area (Å²) in [5.74, 6) is 0. The van der Waals surface area contributed by atoms with Gasteiger partial charge >= 0.3 is 0 Å². The summed E-state index contributed by atoms with van der Waals surface area (Å²) in [4.78, 5) is 0. The van der Waals surface area contributed by atoms with E-state index in [0.717, 1.165) is 6.54 Å². The highest BCUT2D eigenvalue weighted by Gasteiger charge is 2.35. The molecule has 2 rings (SSSR count). The smallest absolute Gasteiger partial charge is 0.133 e. The topological polar surface area (TPSA) is 49.1 Å². The SMILES string of the molecule is CC1(C2CCCCN2)C=NN=N1. The fraction of sp³-hybridized carbons (Fsp3) is 0.875. The Morgan fingerprint density at radius 3 is 3.00 bits per heavy atom. The molecule has 0 aromatic carbocycles. The number of rotatable bonds is 1. The number of piperidine rings is 1. The van der Waals surface area contributed by atoms with E-state index in [9.17, 15) is 0 Å².